The van der Waals surface area contributed by atoms with Crippen LogP contribution in [0.3, 0.4) is 0 Å². The van der Waals surface area contributed by atoms with Crippen LogP contribution in [0.2, 0.25) is 0 Å². The fraction of sp³-hybridized carbons (Fsp3) is 0.350. The predicted octanol–water partition coefficient (Wildman–Crippen LogP) is 4.25. The largest absolute Gasteiger partial charge is 0.265 e. The molecule has 1 aliphatic heterocycles. The van der Waals surface area contributed by atoms with Gasteiger partial charge in [0, 0.05) is 6.42 Å². The van der Waals surface area contributed by atoms with Crippen molar-refractivity contribution in [2.75, 3.05) is 6.54 Å². The second kappa shape index (κ2) is 7.00. The van der Waals surface area contributed by atoms with Crippen LogP contribution in [0.1, 0.15) is 42.5 Å². The molecule has 0 amide bonds. The second-order valence-corrected chi connectivity index (χ2v) is 8.43. The molecule has 1 aliphatic rings. The molecular formula is C20H24N2O2S. The Hall–Kier alpha value is -2.14. The fourth-order valence-corrected chi connectivity index (χ4v) is 4.49. The molecule has 0 radical (unpaired) electrons. The van der Waals surface area contributed by atoms with Gasteiger partial charge in [0.25, 0.3) is 10.0 Å². The standard InChI is InChI=1S/C20H24N2O2S/c1-4-5-20-21-19(17-10-6-15(2)7-11-17)14-22(20)25(23,24)18-12-8-16(3)9-13-18/h6-13,19H,4-5,14H2,1-3H3. The Balaban J connectivity index is 1.94. The van der Waals surface area contributed by atoms with E-state index in [2.05, 4.69) is 0 Å². The zero-order chi connectivity index (χ0) is 18.0. The van der Waals surface area contributed by atoms with Gasteiger partial charge in [0.2, 0.25) is 0 Å². The van der Waals surface area contributed by atoms with Gasteiger partial charge < -0.3 is 0 Å². The number of hydrogen-bond donors (Lipinski definition) is 0. The highest BCUT2D eigenvalue weighted by atomic mass is 32.2. The molecule has 5 heteroatoms. The third kappa shape index (κ3) is 3.61. The highest BCUT2D eigenvalue weighted by Crippen LogP contribution is 2.31. The summed E-state index contributed by atoms with van der Waals surface area (Å²) in [6.07, 6.45) is 1.52. The summed E-state index contributed by atoms with van der Waals surface area (Å²) >= 11 is 0. The minimum atomic E-state index is -3.57. The van der Waals surface area contributed by atoms with Gasteiger partial charge in [-0.1, -0.05) is 54.4 Å². The summed E-state index contributed by atoms with van der Waals surface area (Å²) in [7, 11) is -3.57. The first kappa shape index (κ1) is 17.7. The van der Waals surface area contributed by atoms with Crippen LogP contribution < -0.4 is 0 Å². The van der Waals surface area contributed by atoms with Crippen LogP contribution in [0.25, 0.3) is 0 Å². The Morgan fingerprint density at radius 3 is 2.12 bits per heavy atom. The van der Waals surface area contributed by atoms with Crippen molar-refractivity contribution >= 4 is 15.9 Å². The van der Waals surface area contributed by atoms with Crippen molar-refractivity contribution in [3.63, 3.8) is 0 Å². The van der Waals surface area contributed by atoms with Gasteiger partial charge in [-0.05, 0) is 38.0 Å². The number of sulfonamides is 1. The lowest BCUT2D eigenvalue weighted by molar-refractivity contribution is 0.516. The average Bonchev–Trinajstić information content (AvgIpc) is 3.01. The maximum Gasteiger partial charge on any atom is 0.265 e. The lowest BCUT2D eigenvalue weighted by atomic mass is 10.1. The molecule has 0 N–H and O–H groups in total. The van der Waals surface area contributed by atoms with E-state index < -0.39 is 10.0 Å². The first-order valence-electron chi connectivity index (χ1n) is 8.64. The van der Waals surface area contributed by atoms with E-state index in [1.807, 2.05) is 57.2 Å². The Morgan fingerprint density at radius 1 is 1.00 bits per heavy atom. The number of benzene rings is 2. The van der Waals surface area contributed by atoms with Crippen molar-refractivity contribution in [1.29, 1.82) is 0 Å². The Morgan fingerprint density at radius 2 is 1.56 bits per heavy atom. The van der Waals surface area contributed by atoms with Crippen molar-refractivity contribution < 1.29 is 8.42 Å². The van der Waals surface area contributed by atoms with E-state index in [4.69, 9.17) is 4.99 Å². The number of amidine groups is 1. The molecule has 0 spiro atoms. The Bertz CT molecular complexity index is 869. The predicted molar refractivity (Wildman–Crippen MR) is 101 cm³/mol. The van der Waals surface area contributed by atoms with Gasteiger partial charge in [-0.15, -0.1) is 0 Å². The molecule has 0 bridgehead atoms. The van der Waals surface area contributed by atoms with Crippen LogP contribution in [0.4, 0.5) is 0 Å². The summed E-state index contributed by atoms with van der Waals surface area (Å²) in [5, 5.41) is 0. The zero-order valence-corrected chi connectivity index (χ0v) is 15.8. The van der Waals surface area contributed by atoms with Crippen LogP contribution >= 0.6 is 0 Å². The van der Waals surface area contributed by atoms with Crippen LogP contribution in [0.15, 0.2) is 58.4 Å². The number of aryl methyl sites for hydroxylation is 2. The average molecular weight is 356 g/mol. The molecule has 0 saturated heterocycles. The fourth-order valence-electron chi connectivity index (χ4n) is 3.00. The van der Waals surface area contributed by atoms with Crippen molar-refractivity contribution in [2.45, 2.75) is 44.6 Å². The maximum atomic E-state index is 13.1. The van der Waals surface area contributed by atoms with E-state index in [9.17, 15) is 8.42 Å². The van der Waals surface area contributed by atoms with E-state index in [0.717, 1.165) is 17.5 Å². The van der Waals surface area contributed by atoms with E-state index in [1.54, 1.807) is 12.1 Å². The molecule has 4 nitrogen and oxygen atoms in total. The maximum absolute atomic E-state index is 13.1. The summed E-state index contributed by atoms with van der Waals surface area (Å²) in [4.78, 5) is 5.06. The number of aliphatic imine (C=N–C) groups is 1. The molecule has 0 fully saturated rings. The summed E-state index contributed by atoms with van der Waals surface area (Å²) in [5.74, 6) is 0.661. The van der Waals surface area contributed by atoms with Crippen LogP contribution in [-0.2, 0) is 10.0 Å². The van der Waals surface area contributed by atoms with E-state index in [-0.39, 0.29) is 6.04 Å². The quantitative estimate of drug-likeness (QED) is 0.804. The molecule has 1 unspecified atom stereocenters. The van der Waals surface area contributed by atoms with Gasteiger partial charge in [0.05, 0.1) is 17.5 Å². The highest BCUT2D eigenvalue weighted by molar-refractivity contribution is 7.89. The van der Waals surface area contributed by atoms with Gasteiger partial charge in [0.15, 0.2) is 0 Å². The van der Waals surface area contributed by atoms with Crippen molar-refractivity contribution in [3.05, 3.63) is 65.2 Å². The van der Waals surface area contributed by atoms with Crippen molar-refractivity contribution in [2.24, 2.45) is 4.99 Å². The summed E-state index contributed by atoms with van der Waals surface area (Å²) in [6, 6.07) is 15.0. The topological polar surface area (TPSA) is 49.7 Å². The molecule has 0 saturated carbocycles. The van der Waals surface area contributed by atoms with Crippen LogP contribution in [0.5, 0.6) is 0 Å². The van der Waals surface area contributed by atoms with Gasteiger partial charge in [0.1, 0.15) is 5.84 Å². The van der Waals surface area contributed by atoms with Crippen molar-refractivity contribution in [1.82, 2.24) is 4.31 Å². The molecule has 132 valence electrons. The van der Waals surface area contributed by atoms with E-state index in [0.29, 0.717) is 23.7 Å². The van der Waals surface area contributed by atoms with Crippen LogP contribution in [0, 0.1) is 13.8 Å². The van der Waals surface area contributed by atoms with Gasteiger partial charge in [-0.3, -0.25) is 9.30 Å². The van der Waals surface area contributed by atoms with E-state index in [1.165, 1.54) is 9.87 Å². The summed E-state index contributed by atoms with van der Waals surface area (Å²) in [6.45, 7) is 6.40. The Labute approximate surface area is 150 Å². The first-order chi connectivity index (χ1) is 11.9. The monoisotopic (exact) mass is 356 g/mol. The van der Waals surface area contributed by atoms with Gasteiger partial charge in [-0.25, -0.2) is 8.42 Å². The molecule has 3 rings (SSSR count). The molecule has 2 aromatic carbocycles. The second-order valence-electron chi connectivity index (χ2n) is 6.57. The number of hydrogen-bond acceptors (Lipinski definition) is 3. The number of rotatable bonds is 5. The Kier molecular flexibility index (Phi) is 4.95. The number of nitrogens with zero attached hydrogens (tertiary/aromatic N) is 2. The summed E-state index contributed by atoms with van der Waals surface area (Å²) in [5.41, 5.74) is 3.28. The molecule has 1 atom stereocenters. The first-order valence-corrected chi connectivity index (χ1v) is 10.1. The lowest BCUT2D eigenvalue weighted by Crippen LogP contribution is -2.34. The van der Waals surface area contributed by atoms with Gasteiger partial charge >= 0.3 is 0 Å². The highest BCUT2D eigenvalue weighted by Gasteiger charge is 2.35. The van der Waals surface area contributed by atoms with Crippen LogP contribution in [-0.4, -0.2) is 25.1 Å². The zero-order valence-electron chi connectivity index (χ0n) is 14.9. The van der Waals surface area contributed by atoms with Crippen molar-refractivity contribution in [3.8, 4) is 0 Å². The van der Waals surface area contributed by atoms with Gasteiger partial charge in [-0.2, -0.15) is 0 Å². The molecule has 25 heavy (non-hydrogen) atoms. The minimum absolute atomic E-state index is 0.137. The normalized spacial score (nSPS) is 17.6. The molecule has 2 aromatic rings. The SMILES string of the molecule is CCCC1=NC(c2ccc(C)cc2)CN1S(=O)(=O)c1ccc(C)cc1. The lowest BCUT2D eigenvalue weighted by Gasteiger charge is -2.21. The smallest absolute Gasteiger partial charge is 0.262 e. The molecule has 0 aromatic heterocycles. The third-order valence-corrected chi connectivity index (χ3v) is 6.28. The van der Waals surface area contributed by atoms with E-state index >= 15 is 0 Å². The molecular weight excluding hydrogens is 332 g/mol. The minimum Gasteiger partial charge on any atom is -0.262 e. The molecule has 0 aliphatic carbocycles. The molecule has 1 heterocycles. The third-order valence-electron chi connectivity index (χ3n) is 4.48. The summed E-state index contributed by atoms with van der Waals surface area (Å²) < 4.78 is 27.7.